The Morgan fingerprint density at radius 1 is 0.861 bits per heavy atom. The second kappa shape index (κ2) is 11.1. The topological polar surface area (TPSA) is 62.9 Å². The predicted molar refractivity (Wildman–Crippen MR) is 148 cm³/mol. The minimum atomic E-state index is 0.543. The molecule has 4 aromatic rings. The van der Waals surface area contributed by atoms with Gasteiger partial charge in [-0.25, -0.2) is 4.99 Å². The third kappa shape index (κ3) is 5.42. The third-order valence-corrected chi connectivity index (χ3v) is 6.65. The summed E-state index contributed by atoms with van der Waals surface area (Å²) < 4.78 is 5.72. The first-order valence-corrected chi connectivity index (χ1v) is 12.4. The Kier molecular flexibility index (Phi) is 7.29. The number of methoxy groups -OCH3 is 1. The molecule has 5 heteroatoms. The Bertz CT molecular complexity index is 1330. The van der Waals surface area contributed by atoms with E-state index in [1.165, 1.54) is 11.1 Å². The van der Waals surface area contributed by atoms with Crippen LogP contribution in [0.5, 0.6) is 5.75 Å². The van der Waals surface area contributed by atoms with Crippen LogP contribution in [0.2, 0.25) is 0 Å². The molecule has 0 aliphatic carbocycles. The number of benzene rings is 4. The molecule has 0 amide bonds. The van der Waals surface area contributed by atoms with Gasteiger partial charge in [-0.2, -0.15) is 0 Å². The summed E-state index contributed by atoms with van der Waals surface area (Å²) in [4.78, 5) is 7.39. The number of rotatable bonds is 6. The van der Waals surface area contributed by atoms with Gasteiger partial charge in [0.2, 0.25) is 0 Å². The second-order valence-electron chi connectivity index (χ2n) is 9.01. The van der Waals surface area contributed by atoms with Gasteiger partial charge in [0.05, 0.1) is 19.3 Å². The van der Waals surface area contributed by atoms with Crippen molar-refractivity contribution in [3.8, 4) is 16.9 Å². The van der Waals surface area contributed by atoms with Crippen LogP contribution in [-0.2, 0) is 26.1 Å². The van der Waals surface area contributed by atoms with Crippen LogP contribution >= 0.6 is 0 Å². The number of ether oxygens (including phenoxy) is 1. The number of hydrogen-bond acceptors (Lipinski definition) is 3. The van der Waals surface area contributed by atoms with E-state index in [0.717, 1.165) is 59.2 Å². The predicted octanol–water partition coefficient (Wildman–Crippen LogP) is 5.85. The highest BCUT2D eigenvalue weighted by molar-refractivity contribution is 5.96. The zero-order valence-electron chi connectivity index (χ0n) is 20.7. The molecule has 0 saturated carbocycles. The van der Waals surface area contributed by atoms with Crippen molar-refractivity contribution in [1.29, 1.82) is 0 Å². The van der Waals surface area contributed by atoms with E-state index >= 15 is 0 Å². The molecular weight excluding hydrogens is 444 g/mol. The first-order valence-electron chi connectivity index (χ1n) is 12.4. The van der Waals surface area contributed by atoms with Gasteiger partial charge in [-0.3, -0.25) is 0 Å². The smallest absolute Gasteiger partial charge is 0.199 e. The normalized spacial score (nSPS) is 13.3. The van der Waals surface area contributed by atoms with Gasteiger partial charge in [0.1, 0.15) is 5.75 Å². The number of guanidine groups is 1. The second-order valence-corrected chi connectivity index (χ2v) is 9.01. The molecule has 4 aromatic carbocycles. The third-order valence-electron chi connectivity index (χ3n) is 6.65. The molecule has 5 nitrogen and oxygen atoms in total. The van der Waals surface area contributed by atoms with Gasteiger partial charge < -0.3 is 20.7 Å². The zero-order chi connectivity index (χ0) is 24.7. The highest BCUT2D eigenvalue weighted by Crippen LogP contribution is 2.31. The number of fused-ring (bicyclic) bond motifs is 1. The Hall–Kier alpha value is -4.09. The first-order chi connectivity index (χ1) is 17.7. The van der Waals surface area contributed by atoms with Crippen molar-refractivity contribution in [2.75, 3.05) is 19.0 Å². The lowest BCUT2D eigenvalue weighted by Crippen LogP contribution is -2.40. The Morgan fingerprint density at radius 3 is 2.33 bits per heavy atom. The lowest BCUT2D eigenvalue weighted by atomic mass is 10.0. The summed E-state index contributed by atoms with van der Waals surface area (Å²) in [6, 6.07) is 33.6. The molecule has 0 aromatic heterocycles. The number of anilines is 1. The molecule has 0 unspecified atom stereocenters. The van der Waals surface area contributed by atoms with Crippen molar-refractivity contribution >= 4 is 11.6 Å². The van der Waals surface area contributed by atoms with Crippen molar-refractivity contribution in [3.63, 3.8) is 0 Å². The molecule has 3 N–H and O–H groups in total. The summed E-state index contributed by atoms with van der Waals surface area (Å²) in [6.45, 7) is 2.83. The SMILES string of the molecule is COc1ccc(-c2ccccc2)cc1NC(=NCc1ccc(CN)cc1)N1CCc2ccccc2C1. The summed E-state index contributed by atoms with van der Waals surface area (Å²) in [6.07, 6.45) is 0.989. The van der Waals surface area contributed by atoms with Crippen LogP contribution in [0, 0.1) is 0 Å². The van der Waals surface area contributed by atoms with Crippen LogP contribution in [0.3, 0.4) is 0 Å². The van der Waals surface area contributed by atoms with Crippen molar-refractivity contribution in [2.45, 2.75) is 26.1 Å². The fraction of sp³-hybridized carbons (Fsp3) is 0.194. The largest absolute Gasteiger partial charge is 0.495 e. The van der Waals surface area contributed by atoms with Gasteiger partial charge >= 0.3 is 0 Å². The molecule has 0 fully saturated rings. The zero-order valence-corrected chi connectivity index (χ0v) is 20.7. The molecule has 0 atom stereocenters. The first kappa shape index (κ1) is 23.6. The summed E-state index contributed by atoms with van der Waals surface area (Å²) in [5, 5.41) is 3.63. The number of nitrogens with zero attached hydrogens (tertiary/aromatic N) is 2. The van der Waals surface area contributed by atoms with E-state index in [2.05, 4.69) is 95.1 Å². The van der Waals surface area contributed by atoms with Crippen LogP contribution in [0.1, 0.15) is 22.3 Å². The van der Waals surface area contributed by atoms with Gasteiger partial charge in [0.15, 0.2) is 5.96 Å². The molecule has 1 heterocycles. The van der Waals surface area contributed by atoms with Crippen molar-refractivity contribution in [2.24, 2.45) is 10.7 Å². The van der Waals surface area contributed by atoms with Gasteiger partial charge in [-0.15, -0.1) is 0 Å². The maximum Gasteiger partial charge on any atom is 0.199 e. The lowest BCUT2D eigenvalue weighted by molar-refractivity contribution is 0.390. The molecule has 0 spiro atoms. The maximum atomic E-state index is 5.77. The van der Waals surface area contributed by atoms with Gasteiger partial charge in [-0.1, -0.05) is 84.9 Å². The summed E-state index contributed by atoms with van der Waals surface area (Å²) >= 11 is 0. The number of nitrogens with two attached hydrogens (primary N) is 1. The van der Waals surface area contributed by atoms with Gasteiger partial charge in [0.25, 0.3) is 0 Å². The molecule has 0 bridgehead atoms. The average Bonchev–Trinajstić information content (AvgIpc) is 2.95. The van der Waals surface area contributed by atoms with E-state index < -0.39 is 0 Å². The summed E-state index contributed by atoms with van der Waals surface area (Å²) in [5.41, 5.74) is 14.0. The highest BCUT2D eigenvalue weighted by atomic mass is 16.5. The Balaban J connectivity index is 1.47. The monoisotopic (exact) mass is 476 g/mol. The van der Waals surface area contributed by atoms with E-state index in [-0.39, 0.29) is 0 Å². The molecule has 0 radical (unpaired) electrons. The maximum absolute atomic E-state index is 5.77. The van der Waals surface area contributed by atoms with Crippen LogP contribution in [0.15, 0.2) is 102 Å². The minimum absolute atomic E-state index is 0.543. The molecule has 182 valence electrons. The Labute approximate surface area is 213 Å². The van der Waals surface area contributed by atoms with Crippen LogP contribution in [-0.4, -0.2) is 24.5 Å². The average molecular weight is 477 g/mol. The minimum Gasteiger partial charge on any atom is -0.495 e. The lowest BCUT2D eigenvalue weighted by Gasteiger charge is -2.32. The van der Waals surface area contributed by atoms with E-state index in [1.54, 1.807) is 7.11 Å². The van der Waals surface area contributed by atoms with Crippen molar-refractivity contribution in [3.05, 3.63) is 119 Å². The van der Waals surface area contributed by atoms with Crippen LogP contribution in [0.4, 0.5) is 5.69 Å². The van der Waals surface area contributed by atoms with E-state index in [4.69, 9.17) is 15.5 Å². The summed E-state index contributed by atoms with van der Waals surface area (Å²) in [7, 11) is 1.70. The molecule has 36 heavy (non-hydrogen) atoms. The molecular formula is C31H32N4O. The van der Waals surface area contributed by atoms with Crippen LogP contribution in [0.25, 0.3) is 11.1 Å². The fourth-order valence-electron chi connectivity index (χ4n) is 4.58. The van der Waals surface area contributed by atoms with Gasteiger partial charge in [-0.05, 0) is 51.9 Å². The molecule has 1 aliphatic rings. The fourth-order valence-corrected chi connectivity index (χ4v) is 4.58. The number of aliphatic imine (C=N–C) groups is 1. The quantitative estimate of drug-likeness (QED) is 0.271. The molecule has 0 saturated heterocycles. The van der Waals surface area contributed by atoms with Crippen molar-refractivity contribution < 1.29 is 4.74 Å². The number of hydrogen-bond donors (Lipinski definition) is 2. The van der Waals surface area contributed by atoms with Crippen LogP contribution < -0.4 is 15.8 Å². The molecule has 5 rings (SSSR count). The van der Waals surface area contributed by atoms with Crippen molar-refractivity contribution in [1.82, 2.24) is 4.90 Å². The van der Waals surface area contributed by atoms with E-state index in [0.29, 0.717) is 13.1 Å². The van der Waals surface area contributed by atoms with Gasteiger partial charge in [0, 0.05) is 19.6 Å². The summed E-state index contributed by atoms with van der Waals surface area (Å²) in [5.74, 6) is 1.63. The van der Waals surface area contributed by atoms with E-state index in [9.17, 15) is 0 Å². The standard InChI is InChI=1S/C31H32N4O/c1-36-30-16-15-27(25-7-3-2-4-8-25)19-29(30)34-31(33-21-24-13-11-23(20-32)12-14-24)35-18-17-26-9-5-6-10-28(26)22-35/h2-16,19H,17-18,20-22,32H2,1H3,(H,33,34). The Morgan fingerprint density at radius 2 is 1.58 bits per heavy atom. The van der Waals surface area contributed by atoms with E-state index in [1.807, 2.05) is 12.1 Å². The molecule has 1 aliphatic heterocycles. The highest BCUT2D eigenvalue weighted by Gasteiger charge is 2.20. The number of nitrogens with one attached hydrogen (secondary N) is 1.